The van der Waals surface area contributed by atoms with E-state index in [1.807, 2.05) is 36.4 Å². The number of hydrogen-bond acceptors (Lipinski definition) is 7. The molecule has 2 atom stereocenters. The monoisotopic (exact) mass is 477 g/mol. The van der Waals surface area contributed by atoms with Crippen LogP contribution in [0.25, 0.3) is 0 Å². The highest BCUT2D eigenvalue weighted by molar-refractivity contribution is 6.07. The molecule has 1 amide bonds. The molecule has 0 aliphatic carbocycles. The van der Waals surface area contributed by atoms with Gasteiger partial charge in [-0.05, 0) is 23.3 Å². The second kappa shape index (κ2) is 9.97. The first-order chi connectivity index (χ1) is 16.9. The molecule has 1 aliphatic rings. The summed E-state index contributed by atoms with van der Waals surface area (Å²) in [6, 6.07) is 18.0. The van der Waals surface area contributed by atoms with Crippen LogP contribution in [0.5, 0.6) is 28.7 Å². The molecule has 1 unspecified atom stereocenters. The highest BCUT2D eigenvalue weighted by Crippen LogP contribution is 2.52. The van der Waals surface area contributed by atoms with Gasteiger partial charge in [0, 0.05) is 19.1 Å². The predicted molar refractivity (Wildman–Crippen MR) is 130 cm³/mol. The summed E-state index contributed by atoms with van der Waals surface area (Å²) in [5.74, 6) is 1.03. The molecule has 1 aliphatic heterocycles. The highest BCUT2D eigenvalue weighted by atomic mass is 16.6. The first kappa shape index (κ1) is 23.9. The van der Waals surface area contributed by atoms with Gasteiger partial charge in [0.05, 0.1) is 46.1 Å². The maximum Gasteiger partial charge on any atom is 0.308 e. The van der Waals surface area contributed by atoms with E-state index in [1.54, 1.807) is 29.2 Å². The van der Waals surface area contributed by atoms with Crippen LogP contribution in [0.4, 0.5) is 5.69 Å². The number of carbonyl (C=O) groups is 2. The number of anilines is 1. The van der Waals surface area contributed by atoms with Crippen molar-refractivity contribution < 1.29 is 33.3 Å². The van der Waals surface area contributed by atoms with E-state index in [0.717, 1.165) is 11.1 Å². The molecule has 8 nitrogen and oxygen atoms in total. The second-order valence-corrected chi connectivity index (χ2v) is 7.93. The number of esters is 1. The molecule has 3 aromatic carbocycles. The van der Waals surface area contributed by atoms with Crippen LogP contribution in [0.1, 0.15) is 30.0 Å². The van der Waals surface area contributed by atoms with E-state index in [1.165, 1.54) is 35.4 Å². The van der Waals surface area contributed by atoms with Crippen molar-refractivity contribution in [3.63, 3.8) is 0 Å². The van der Waals surface area contributed by atoms with Crippen LogP contribution in [0.2, 0.25) is 0 Å². The number of hydrogen-bond donors (Lipinski definition) is 0. The highest BCUT2D eigenvalue weighted by Gasteiger charge is 2.50. The Morgan fingerprint density at radius 1 is 0.743 bits per heavy atom. The number of amides is 1. The topological polar surface area (TPSA) is 83.5 Å². The Kier molecular flexibility index (Phi) is 6.82. The van der Waals surface area contributed by atoms with Crippen LogP contribution in [0.15, 0.2) is 60.7 Å². The molecule has 1 fully saturated rings. The fraction of sp³-hybridized carbons (Fsp3) is 0.259. The van der Waals surface area contributed by atoms with Gasteiger partial charge in [-0.15, -0.1) is 0 Å². The Bertz CT molecular complexity index is 1220. The van der Waals surface area contributed by atoms with Crippen LogP contribution < -0.4 is 28.6 Å². The fourth-order valence-electron chi connectivity index (χ4n) is 4.42. The van der Waals surface area contributed by atoms with Crippen LogP contribution in [-0.4, -0.2) is 40.3 Å². The largest absolute Gasteiger partial charge is 0.493 e. The summed E-state index contributed by atoms with van der Waals surface area (Å²) in [6.07, 6.45) is 0. The van der Waals surface area contributed by atoms with Crippen molar-refractivity contribution in [2.75, 3.05) is 33.3 Å². The molecule has 182 valence electrons. The van der Waals surface area contributed by atoms with Crippen molar-refractivity contribution in [1.82, 2.24) is 0 Å². The quantitative estimate of drug-likeness (QED) is 0.268. The van der Waals surface area contributed by atoms with Crippen LogP contribution in [-0.2, 0) is 9.59 Å². The van der Waals surface area contributed by atoms with E-state index >= 15 is 0 Å². The fourth-order valence-corrected chi connectivity index (χ4v) is 4.42. The number of ether oxygens (including phenoxy) is 5. The van der Waals surface area contributed by atoms with Crippen molar-refractivity contribution >= 4 is 17.6 Å². The molecule has 8 heteroatoms. The predicted octanol–water partition coefficient (Wildman–Crippen LogP) is 4.52. The van der Waals surface area contributed by atoms with Crippen molar-refractivity contribution in [3.05, 3.63) is 71.8 Å². The Labute approximate surface area is 203 Å². The maximum atomic E-state index is 13.6. The third-order valence-electron chi connectivity index (χ3n) is 5.97. The molecule has 0 saturated carbocycles. The van der Waals surface area contributed by atoms with Gasteiger partial charge in [0.15, 0.2) is 23.0 Å². The zero-order chi connectivity index (χ0) is 25.1. The van der Waals surface area contributed by atoms with Gasteiger partial charge in [-0.2, -0.15) is 0 Å². The Morgan fingerprint density at radius 2 is 1.37 bits per heavy atom. The van der Waals surface area contributed by atoms with Crippen molar-refractivity contribution in [3.8, 4) is 28.7 Å². The SMILES string of the molecule is COc1ccc(C2[C@H](c3ccccc3)C(=O)N2c2cc(OC)c(OC)c(OC)c2)cc1OC(C)=O. The third-order valence-corrected chi connectivity index (χ3v) is 5.97. The molecule has 1 heterocycles. The summed E-state index contributed by atoms with van der Waals surface area (Å²) in [6.45, 7) is 1.33. The molecule has 0 radical (unpaired) electrons. The minimum Gasteiger partial charge on any atom is -0.493 e. The summed E-state index contributed by atoms with van der Waals surface area (Å²) in [7, 11) is 6.08. The molecule has 3 aromatic rings. The van der Waals surface area contributed by atoms with Crippen molar-refractivity contribution in [1.29, 1.82) is 0 Å². The lowest BCUT2D eigenvalue weighted by Crippen LogP contribution is -2.53. The summed E-state index contributed by atoms with van der Waals surface area (Å²) >= 11 is 0. The lowest BCUT2D eigenvalue weighted by Gasteiger charge is -2.48. The lowest BCUT2D eigenvalue weighted by atomic mass is 9.77. The van der Waals surface area contributed by atoms with Gasteiger partial charge in [0.2, 0.25) is 11.7 Å². The number of nitrogens with zero attached hydrogens (tertiary/aromatic N) is 1. The van der Waals surface area contributed by atoms with Crippen molar-refractivity contribution in [2.24, 2.45) is 0 Å². The summed E-state index contributed by atoms with van der Waals surface area (Å²) in [5, 5.41) is 0. The van der Waals surface area contributed by atoms with Gasteiger partial charge >= 0.3 is 5.97 Å². The molecule has 0 bridgehead atoms. The Hall–Kier alpha value is -4.20. The third kappa shape index (κ3) is 4.35. The van der Waals surface area contributed by atoms with Gasteiger partial charge in [-0.25, -0.2) is 0 Å². The molecule has 4 rings (SSSR count). The standard InChI is InChI=1S/C27H27NO7/c1-16(29)35-21-13-18(11-12-20(21)31-2)25-24(17-9-7-6-8-10-17)27(30)28(25)19-14-22(32-3)26(34-5)23(15-19)33-4/h6-15,24-25H,1-5H3/t24-,25?/m0/s1. The number of β-lactam (4-membered cyclic amide) rings is 1. The lowest BCUT2D eigenvalue weighted by molar-refractivity contribution is -0.132. The minimum atomic E-state index is -0.466. The van der Waals surface area contributed by atoms with Gasteiger partial charge in [0.25, 0.3) is 0 Å². The van der Waals surface area contributed by atoms with Gasteiger partial charge in [-0.3, -0.25) is 9.59 Å². The van der Waals surface area contributed by atoms with E-state index in [4.69, 9.17) is 23.7 Å². The zero-order valence-electron chi connectivity index (χ0n) is 20.2. The number of rotatable bonds is 8. The van der Waals surface area contributed by atoms with E-state index in [2.05, 4.69) is 0 Å². The van der Waals surface area contributed by atoms with Crippen LogP contribution in [0.3, 0.4) is 0 Å². The number of carbonyl (C=O) groups excluding carboxylic acids is 2. The maximum absolute atomic E-state index is 13.6. The first-order valence-corrected chi connectivity index (χ1v) is 11.0. The van der Waals surface area contributed by atoms with E-state index in [-0.39, 0.29) is 17.7 Å². The molecule has 0 N–H and O–H groups in total. The zero-order valence-corrected chi connectivity index (χ0v) is 20.2. The first-order valence-electron chi connectivity index (χ1n) is 11.0. The second-order valence-electron chi connectivity index (χ2n) is 7.93. The van der Waals surface area contributed by atoms with Gasteiger partial charge in [-0.1, -0.05) is 36.4 Å². The van der Waals surface area contributed by atoms with Crippen LogP contribution >= 0.6 is 0 Å². The molecule has 0 aromatic heterocycles. The normalized spacial score (nSPS) is 16.8. The average molecular weight is 478 g/mol. The van der Waals surface area contributed by atoms with E-state index in [0.29, 0.717) is 28.7 Å². The summed E-state index contributed by atoms with van der Waals surface area (Å²) < 4.78 is 27.2. The molecule has 0 spiro atoms. The summed E-state index contributed by atoms with van der Waals surface area (Å²) in [5.41, 5.74) is 2.26. The Morgan fingerprint density at radius 3 is 1.91 bits per heavy atom. The van der Waals surface area contributed by atoms with Crippen LogP contribution in [0, 0.1) is 0 Å². The van der Waals surface area contributed by atoms with Gasteiger partial charge in [0.1, 0.15) is 0 Å². The molecular weight excluding hydrogens is 450 g/mol. The smallest absolute Gasteiger partial charge is 0.308 e. The molecule has 1 saturated heterocycles. The molecular formula is C27H27NO7. The van der Waals surface area contributed by atoms with Gasteiger partial charge < -0.3 is 28.6 Å². The van der Waals surface area contributed by atoms with Crippen molar-refractivity contribution in [2.45, 2.75) is 18.9 Å². The Balaban J connectivity index is 1.86. The minimum absolute atomic E-state index is 0.0830. The van der Waals surface area contributed by atoms with E-state index < -0.39 is 11.9 Å². The number of benzene rings is 3. The van der Waals surface area contributed by atoms with E-state index in [9.17, 15) is 9.59 Å². The summed E-state index contributed by atoms with van der Waals surface area (Å²) in [4.78, 5) is 27.0. The molecule has 35 heavy (non-hydrogen) atoms. The average Bonchev–Trinajstić information content (AvgIpc) is 2.86. The number of methoxy groups -OCH3 is 4.